The van der Waals surface area contributed by atoms with Crippen molar-refractivity contribution in [2.75, 3.05) is 6.61 Å². The van der Waals surface area contributed by atoms with Gasteiger partial charge in [-0.2, -0.15) is 0 Å². The van der Waals surface area contributed by atoms with Gasteiger partial charge in [0.2, 0.25) is 0 Å². The summed E-state index contributed by atoms with van der Waals surface area (Å²) in [4.78, 5) is 36.0. The number of rotatable bonds is 6. The van der Waals surface area contributed by atoms with Crippen LogP contribution in [0.5, 0.6) is 0 Å². The number of fused-ring (bicyclic) bond motifs is 1. The molecule has 2 heterocycles. The minimum atomic E-state index is -1.25. The summed E-state index contributed by atoms with van der Waals surface area (Å²) < 4.78 is 3.94. The van der Waals surface area contributed by atoms with Crippen LogP contribution in [0.4, 0.5) is 5.69 Å². The molecule has 4 rings (SSSR count). The van der Waals surface area contributed by atoms with Gasteiger partial charge in [0.1, 0.15) is 6.10 Å². The molecular weight excluding hydrogens is 428 g/mol. The first-order valence-corrected chi connectivity index (χ1v) is 10.2. The average molecular weight is 450 g/mol. The second-order valence-corrected chi connectivity index (χ2v) is 7.76. The Labute approximate surface area is 187 Å². The highest BCUT2D eigenvalue weighted by Crippen LogP contribution is 2.35. The van der Waals surface area contributed by atoms with Gasteiger partial charge in [-0.1, -0.05) is 30.3 Å². The van der Waals surface area contributed by atoms with E-state index in [4.69, 9.17) is 0 Å². The molecule has 170 valence electrons. The quantitative estimate of drug-likeness (QED) is 0.340. The Bertz CT molecular complexity index is 1450. The van der Waals surface area contributed by atoms with Crippen LogP contribution in [0, 0.1) is 10.1 Å². The lowest BCUT2D eigenvalue weighted by atomic mass is 10.0. The predicted octanol–water partition coefficient (Wildman–Crippen LogP) is 1.88. The van der Waals surface area contributed by atoms with Crippen molar-refractivity contribution in [3.63, 3.8) is 0 Å². The van der Waals surface area contributed by atoms with Gasteiger partial charge in [0.15, 0.2) is 0 Å². The second kappa shape index (κ2) is 8.49. The van der Waals surface area contributed by atoms with Gasteiger partial charge in [0.25, 0.3) is 11.2 Å². The van der Waals surface area contributed by atoms with Gasteiger partial charge in [-0.05, 0) is 23.3 Å². The third kappa shape index (κ3) is 3.65. The Morgan fingerprint density at radius 2 is 1.64 bits per heavy atom. The minimum absolute atomic E-state index is 0.123. The van der Waals surface area contributed by atoms with Gasteiger partial charge in [-0.25, -0.2) is 4.79 Å². The van der Waals surface area contributed by atoms with Crippen LogP contribution < -0.4 is 11.2 Å². The number of benzene rings is 2. The minimum Gasteiger partial charge on any atom is -0.394 e. The largest absolute Gasteiger partial charge is 0.394 e. The number of aromatic nitrogens is 3. The van der Waals surface area contributed by atoms with Crippen molar-refractivity contribution in [3.05, 3.63) is 97.3 Å². The molecule has 0 radical (unpaired) electrons. The molecule has 4 aromatic rings. The number of nitrogens with zero attached hydrogens (tertiary/aromatic N) is 4. The number of aliphatic hydroxyl groups is 2. The summed E-state index contributed by atoms with van der Waals surface area (Å²) in [6, 6.07) is 13.5. The summed E-state index contributed by atoms with van der Waals surface area (Å²) in [6.07, 6.45) is 0.316. The standard InChI is InChI=1S/C23H22N4O6/c1-24-17-12-26(18(13-28)21(29)15-8-10-16(11-9-15)27(32)33)20(14-6-4-3-5-7-14)19(17)22(30)25(2)23(24)31/h3-12,18,21,28-29H,13H2,1-2H3/t18-,21-/m1/s1. The number of hydrogen-bond acceptors (Lipinski definition) is 6. The van der Waals surface area contributed by atoms with Crippen molar-refractivity contribution in [1.29, 1.82) is 0 Å². The maximum Gasteiger partial charge on any atom is 0.330 e. The molecule has 2 N–H and O–H groups in total. The average Bonchev–Trinajstić information content (AvgIpc) is 3.23. The van der Waals surface area contributed by atoms with E-state index in [0.717, 1.165) is 4.57 Å². The van der Waals surface area contributed by atoms with E-state index in [2.05, 4.69) is 0 Å². The fourth-order valence-electron chi connectivity index (χ4n) is 4.07. The number of nitro benzene ring substituents is 1. The fraction of sp³-hybridized carbons (Fsp3) is 0.217. The topological polar surface area (TPSA) is 133 Å². The number of non-ortho nitro benzene ring substituents is 1. The summed E-state index contributed by atoms with van der Waals surface area (Å²) in [6.45, 7) is -0.493. The molecule has 0 unspecified atom stereocenters. The van der Waals surface area contributed by atoms with E-state index in [1.807, 2.05) is 6.07 Å². The summed E-state index contributed by atoms with van der Waals surface area (Å²) >= 11 is 0. The van der Waals surface area contributed by atoms with Crippen LogP contribution >= 0.6 is 0 Å². The Balaban J connectivity index is 1.98. The van der Waals surface area contributed by atoms with Gasteiger partial charge >= 0.3 is 5.69 Å². The van der Waals surface area contributed by atoms with Crippen molar-refractivity contribution < 1.29 is 15.1 Å². The molecule has 0 aliphatic rings. The molecule has 2 aromatic heterocycles. The first-order chi connectivity index (χ1) is 15.8. The number of hydrogen-bond donors (Lipinski definition) is 2. The van der Waals surface area contributed by atoms with E-state index in [9.17, 15) is 29.9 Å². The van der Waals surface area contributed by atoms with Gasteiger partial charge in [0, 0.05) is 32.4 Å². The molecular formula is C23H22N4O6. The first kappa shape index (κ1) is 22.2. The Morgan fingerprint density at radius 3 is 2.21 bits per heavy atom. The highest BCUT2D eigenvalue weighted by Gasteiger charge is 2.28. The predicted molar refractivity (Wildman–Crippen MR) is 122 cm³/mol. The SMILES string of the molecule is Cn1c(=O)c2c(-c3ccccc3)n([C@H](CO)[C@H](O)c3ccc([N+](=O)[O-])cc3)cc2n(C)c1=O. The first-order valence-electron chi connectivity index (χ1n) is 10.2. The Kier molecular flexibility index (Phi) is 5.71. The maximum atomic E-state index is 13.1. The molecule has 0 aliphatic carbocycles. The molecule has 0 saturated heterocycles. The van der Waals surface area contributed by atoms with Crippen LogP contribution in [0.3, 0.4) is 0 Å². The number of aryl methyl sites for hydroxylation is 1. The third-order valence-corrected chi connectivity index (χ3v) is 5.87. The van der Waals surface area contributed by atoms with E-state index in [1.165, 1.54) is 35.9 Å². The number of nitro groups is 1. The molecule has 10 nitrogen and oxygen atoms in total. The van der Waals surface area contributed by atoms with E-state index in [-0.39, 0.29) is 11.1 Å². The smallest absolute Gasteiger partial charge is 0.330 e. The summed E-state index contributed by atoms with van der Waals surface area (Å²) in [7, 11) is 2.94. The Hall–Kier alpha value is -4.02. The molecule has 33 heavy (non-hydrogen) atoms. The van der Waals surface area contributed by atoms with Crippen LogP contribution in [0.2, 0.25) is 0 Å². The molecule has 0 amide bonds. The zero-order chi connectivity index (χ0) is 23.9. The zero-order valence-corrected chi connectivity index (χ0v) is 18.0. The maximum absolute atomic E-state index is 13.1. The highest BCUT2D eigenvalue weighted by molar-refractivity contribution is 5.93. The highest BCUT2D eigenvalue weighted by atomic mass is 16.6. The fourth-order valence-corrected chi connectivity index (χ4v) is 4.07. The van der Waals surface area contributed by atoms with E-state index in [1.54, 1.807) is 42.1 Å². The van der Waals surface area contributed by atoms with Gasteiger partial charge in [-0.15, -0.1) is 0 Å². The molecule has 0 saturated carbocycles. The molecule has 10 heteroatoms. The molecule has 0 aliphatic heterocycles. The van der Waals surface area contributed by atoms with Gasteiger partial charge in [-0.3, -0.25) is 24.0 Å². The van der Waals surface area contributed by atoms with Crippen molar-refractivity contribution in [2.45, 2.75) is 12.1 Å². The van der Waals surface area contributed by atoms with Crippen LogP contribution in [-0.2, 0) is 14.1 Å². The van der Waals surface area contributed by atoms with Gasteiger partial charge in [0.05, 0.1) is 34.2 Å². The lowest BCUT2D eigenvalue weighted by Gasteiger charge is -2.25. The lowest BCUT2D eigenvalue weighted by molar-refractivity contribution is -0.384. The molecule has 0 bridgehead atoms. The lowest BCUT2D eigenvalue weighted by Crippen LogP contribution is -2.36. The molecule has 2 aromatic carbocycles. The van der Waals surface area contributed by atoms with Crippen LogP contribution in [0.15, 0.2) is 70.4 Å². The number of aliphatic hydroxyl groups excluding tert-OH is 2. The van der Waals surface area contributed by atoms with E-state index in [0.29, 0.717) is 22.3 Å². The van der Waals surface area contributed by atoms with Crippen LogP contribution in [0.1, 0.15) is 17.7 Å². The summed E-state index contributed by atoms with van der Waals surface area (Å²) in [5, 5.41) is 32.6. The normalized spacial score (nSPS) is 13.2. The zero-order valence-electron chi connectivity index (χ0n) is 18.0. The van der Waals surface area contributed by atoms with Crippen molar-refractivity contribution in [1.82, 2.24) is 13.7 Å². The van der Waals surface area contributed by atoms with Crippen molar-refractivity contribution >= 4 is 16.6 Å². The summed E-state index contributed by atoms with van der Waals surface area (Å²) in [5.74, 6) is 0. The second-order valence-electron chi connectivity index (χ2n) is 7.76. The van der Waals surface area contributed by atoms with E-state index < -0.39 is 34.9 Å². The molecule has 2 atom stereocenters. The van der Waals surface area contributed by atoms with Crippen molar-refractivity contribution in [2.24, 2.45) is 14.1 Å². The molecule has 0 fully saturated rings. The van der Waals surface area contributed by atoms with Gasteiger partial charge < -0.3 is 14.8 Å². The van der Waals surface area contributed by atoms with Crippen LogP contribution in [0.25, 0.3) is 22.2 Å². The third-order valence-electron chi connectivity index (χ3n) is 5.87. The van der Waals surface area contributed by atoms with Crippen LogP contribution in [-0.4, -0.2) is 35.4 Å². The van der Waals surface area contributed by atoms with E-state index >= 15 is 0 Å². The Morgan fingerprint density at radius 1 is 1.00 bits per heavy atom. The monoisotopic (exact) mass is 450 g/mol. The molecule has 0 spiro atoms. The summed E-state index contributed by atoms with van der Waals surface area (Å²) in [5.41, 5.74) is 0.712. The van der Waals surface area contributed by atoms with Crippen molar-refractivity contribution in [3.8, 4) is 11.3 Å².